The van der Waals surface area contributed by atoms with Crippen LogP contribution in [0, 0.1) is 5.41 Å². The topological polar surface area (TPSA) is 21.3 Å². The van der Waals surface area contributed by atoms with Crippen LogP contribution < -0.4 is 10.1 Å². The Bertz CT molecular complexity index is 399. The van der Waals surface area contributed by atoms with Crippen LogP contribution in [-0.4, -0.2) is 19.7 Å². The molecule has 0 bridgehead atoms. The number of hydrogen-bond donors (Lipinski definition) is 1. The van der Waals surface area contributed by atoms with Gasteiger partial charge < -0.3 is 10.1 Å². The summed E-state index contributed by atoms with van der Waals surface area (Å²) in [6.07, 6.45) is 1.19. The maximum Gasteiger partial charge on any atom is 0.119 e. The van der Waals surface area contributed by atoms with Crippen molar-refractivity contribution >= 4 is 0 Å². The van der Waals surface area contributed by atoms with E-state index in [1.165, 1.54) is 12.0 Å². The number of nitrogens with one attached hydrogen (secondary N) is 1. The zero-order valence-electron chi connectivity index (χ0n) is 14.0. The predicted molar refractivity (Wildman–Crippen MR) is 87.6 cm³/mol. The monoisotopic (exact) mass is 277 g/mol. The molecule has 0 atom stereocenters. The van der Waals surface area contributed by atoms with Crippen LogP contribution in [0.5, 0.6) is 5.75 Å². The first-order chi connectivity index (χ1) is 9.18. The van der Waals surface area contributed by atoms with Crippen molar-refractivity contribution in [1.29, 1.82) is 0 Å². The van der Waals surface area contributed by atoms with Crippen LogP contribution in [0.4, 0.5) is 0 Å². The van der Waals surface area contributed by atoms with Crippen LogP contribution in [0.25, 0.3) is 0 Å². The first-order valence-electron chi connectivity index (χ1n) is 7.62. The van der Waals surface area contributed by atoms with E-state index >= 15 is 0 Å². The predicted octanol–water partition coefficient (Wildman–Crippen LogP) is 4.39. The Balaban J connectivity index is 2.29. The average molecular weight is 277 g/mol. The molecule has 0 spiro atoms. The zero-order valence-corrected chi connectivity index (χ0v) is 14.0. The minimum atomic E-state index is 0.171. The van der Waals surface area contributed by atoms with Gasteiger partial charge in [0.1, 0.15) is 12.4 Å². The van der Waals surface area contributed by atoms with Crippen LogP contribution in [0.2, 0.25) is 0 Å². The number of hydrogen-bond acceptors (Lipinski definition) is 2. The van der Waals surface area contributed by atoms with E-state index < -0.39 is 0 Å². The highest BCUT2D eigenvalue weighted by molar-refractivity contribution is 5.32. The molecule has 0 aliphatic carbocycles. The molecule has 0 aliphatic heterocycles. The van der Waals surface area contributed by atoms with E-state index in [0.717, 1.165) is 25.4 Å². The van der Waals surface area contributed by atoms with Gasteiger partial charge in [-0.1, -0.05) is 53.7 Å². The molecule has 0 radical (unpaired) electrons. The molecule has 20 heavy (non-hydrogen) atoms. The lowest BCUT2D eigenvalue weighted by atomic mass is 9.87. The van der Waals surface area contributed by atoms with Crippen molar-refractivity contribution < 1.29 is 4.74 Å². The largest absolute Gasteiger partial charge is 0.492 e. The van der Waals surface area contributed by atoms with Gasteiger partial charge in [0.2, 0.25) is 0 Å². The zero-order chi connectivity index (χ0) is 15.2. The molecule has 0 heterocycles. The van der Waals surface area contributed by atoms with Gasteiger partial charge in [0.25, 0.3) is 0 Å². The van der Waals surface area contributed by atoms with Crippen molar-refractivity contribution in [2.24, 2.45) is 5.41 Å². The third-order valence-electron chi connectivity index (χ3n) is 3.30. The summed E-state index contributed by atoms with van der Waals surface area (Å²) in [6, 6.07) is 8.41. The van der Waals surface area contributed by atoms with E-state index in [1.54, 1.807) is 0 Å². The van der Waals surface area contributed by atoms with Gasteiger partial charge in [-0.05, 0) is 41.5 Å². The molecular weight excluding hydrogens is 246 g/mol. The summed E-state index contributed by atoms with van der Waals surface area (Å²) in [4.78, 5) is 0. The maximum atomic E-state index is 5.81. The lowest BCUT2D eigenvalue weighted by molar-refractivity contribution is 0.303. The molecule has 0 amide bonds. The molecule has 0 aromatic heterocycles. The second-order valence-corrected chi connectivity index (χ2v) is 7.69. The third-order valence-corrected chi connectivity index (χ3v) is 3.30. The average Bonchev–Trinajstić information content (AvgIpc) is 2.31. The maximum absolute atomic E-state index is 5.81. The Morgan fingerprint density at radius 2 is 1.70 bits per heavy atom. The molecule has 114 valence electrons. The van der Waals surface area contributed by atoms with Gasteiger partial charge in [0, 0.05) is 6.54 Å². The first kappa shape index (κ1) is 17.0. The van der Waals surface area contributed by atoms with Gasteiger partial charge in [-0.25, -0.2) is 0 Å². The standard InChI is InChI=1S/C18H31NO/c1-17(2,3)10-11-19-12-13-20-16-9-7-8-15(14-16)18(4,5)6/h7-9,14,19H,10-13H2,1-6H3. The smallest absolute Gasteiger partial charge is 0.119 e. The van der Waals surface area contributed by atoms with Crippen molar-refractivity contribution in [2.75, 3.05) is 19.7 Å². The summed E-state index contributed by atoms with van der Waals surface area (Å²) in [5.41, 5.74) is 1.88. The molecule has 1 aromatic carbocycles. The second kappa shape index (κ2) is 7.12. The number of benzene rings is 1. The third kappa shape index (κ3) is 6.95. The van der Waals surface area contributed by atoms with Gasteiger partial charge in [-0.3, -0.25) is 0 Å². The lowest BCUT2D eigenvalue weighted by Crippen LogP contribution is -2.25. The Morgan fingerprint density at radius 1 is 1.00 bits per heavy atom. The Hall–Kier alpha value is -1.02. The molecule has 0 saturated heterocycles. The normalized spacial score (nSPS) is 12.5. The van der Waals surface area contributed by atoms with Crippen molar-refractivity contribution in [3.63, 3.8) is 0 Å². The van der Waals surface area contributed by atoms with Gasteiger partial charge in [0.15, 0.2) is 0 Å². The van der Waals surface area contributed by atoms with E-state index in [9.17, 15) is 0 Å². The number of rotatable bonds is 6. The Morgan fingerprint density at radius 3 is 2.30 bits per heavy atom. The second-order valence-electron chi connectivity index (χ2n) is 7.69. The van der Waals surface area contributed by atoms with E-state index in [-0.39, 0.29) is 5.41 Å². The van der Waals surface area contributed by atoms with Gasteiger partial charge in [-0.2, -0.15) is 0 Å². The van der Waals surface area contributed by atoms with E-state index in [1.807, 2.05) is 6.07 Å². The molecular formula is C18H31NO. The first-order valence-corrected chi connectivity index (χ1v) is 7.62. The minimum Gasteiger partial charge on any atom is -0.492 e. The summed E-state index contributed by atoms with van der Waals surface area (Å²) in [5.74, 6) is 0.968. The Kier molecular flexibility index (Phi) is 6.07. The highest BCUT2D eigenvalue weighted by Crippen LogP contribution is 2.25. The van der Waals surface area contributed by atoms with Crippen LogP contribution >= 0.6 is 0 Å². The van der Waals surface area contributed by atoms with Gasteiger partial charge in [-0.15, -0.1) is 0 Å². The Labute approximate surface area is 124 Å². The van der Waals surface area contributed by atoms with Gasteiger partial charge in [0.05, 0.1) is 0 Å². The van der Waals surface area contributed by atoms with Crippen molar-refractivity contribution in [2.45, 2.75) is 53.4 Å². The molecule has 2 nitrogen and oxygen atoms in total. The molecule has 1 N–H and O–H groups in total. The summed E-state index contributed by atoms with van der Waals surface area (Å²) in [7, 11) is 0. The highest BCUT2D eigenvalue weighted by atomic mass is 16.5. The molecule has 1 rings (SSSR count). The summed E-state index contributed by atoms with van der Waals surface area (Å²) >= 11 is 0. The molecule has 0 saturated carbocycles. The lowest BCUT2D eigenvalue weighted by Gasteiger charge is -2.20. The van der Waals surface area contributed by atoms with Crippen molar-refractivity contribution in [3.05, 3.63) is 29.8 Å². The molecule has 0 fully saturated rings. The van der Waals surface area contributed by atoms with Crippen LogP contribution in [0.3, 0.4) is 0 Å². The fraction of sp³-hybridized carbons (Fsp3) is 0.667. The van der Waals surface area contributed by atoms with E-state index in [0.29, 0.717) is 5.41 Å². The van der Waals surface area contributed by atoms with E-state index in [4.69, 9.17) is 4.74 Å². The van der Waals surface area contributed by atoms with Crippen molar-refractivity contribution in [3.8, 4) is 5.75 Å². The summed E-state index contributed by atoms with van der Waals surface area (Å²) < 4.78 is 5.81. The molecule has 0 unspecified atom stereocenters. The molecule has 1 aromatic rings. The highest BCUT2D eigenvalue weighted by Gasteiger charge is 2.13. The summed E-state index contributed by atoms with van der Waals surface area (Å²) in [5, 5.41) is 3.43. The number of ether oxygens (including phenoxy) is 1. The van der Waals surface area contributed by atoms with Crippen molar-refractivity contribution in [1.82, 2.24) is 5.32 Å². The van der Waals surface area contributed by atoms with Crippen LogP contribution in [-0.2, 0) is 5.41 Å². The van der Waals surface area contributed by atoms with Gasteiger partial charge >= 0.3 is 0 Å². The SMILES string of the molecule is CC(C)(C)CCNCCOc1cccc(C(C)(C)C)c1. The quantitative estimate of drug-likeness (QED) is 0.779. The molecule has 0 aliphatic rings. The van der Waals surface area contributed by atoms with Crippen LogP contribution in [0.1, 0.15) is 53.5 Å². The summed E-state index contributed by atoms with van der Waals surface area (Å²) in [6.45, 7) is 16.1. The fourth-order valence-corrected chi connectivity index (χ4v) is 1.88. The van der Waals surface area contributed by atoms with Crippen LogP contribution in [0.15, 0.2) is 24.3 Å². The van der Waals surface area contributed by atoms with E-state index in [2.05, 4.69) is 65.1 Å². The fourth-order valence-electron chi connectivity index (χ4n) is 1.88. The minimum absolute atomic E-state index is 0.171. The molecule has 2 heteroatoms.